The summed E-state index contributed by atoms with van der Waals surface area (Å²) in [6, 6.07) is -0.304. The Hall–Kier alpha value is -1.79. The van der Waals surface area contributed by atoms with Crippen LogP contribution in [0.5, 0.6) is 0 Å². The summed E-state index contributed by atoms with van der Waals surface area (Å²) in [6.07, 6.45) is 2.31. The predicted octanol–water partition coefficient (Wildman–Crippen LogP) is 1.28. The summed E-state index contributed by atoms with van der Waals surface area (Å²) < 4.78 is 0. The van der Waals surface area contributed by atoms with Crippen molar-refractivity contribution in [3.05, 3.63) is 5.82 Å². The van der Waals surface area contributed by atoms with E-state index in [9.17, 15) is 9.59 Å². The third kappa shape index (κ3) is 6.96. The molecule has 2 N–H and O–H groups in total. The van der Waals surface area contributed by atoms with Gasteiger partial charge in [-0.25, -0.2) is 0 Å². The number of nitrogens with one attached hydrogen (secondary N) is 2. The maximum absolute atomic E-state index is 11.4. The van der Waals surface area contributed by atoms with Crippen LogP contribution in [0.15, 0.2) is 0 Å². The van der Waals surface area contributed by atoms with Gasteiger partial charge >= 0.3 is 0 Å². The van der Waals surface area contributed by atoms with Crippen LogP contribution in [0, 0.1) is 5.92 Å². The van der Waals surface area contributed by atoms with Crippen LogP contribution in [-0.4, -0.2) is 38.4 Å². The van der Waals surface area contributed by atoms with E-state index in [0.717, 1.165) is 18.7 Å². The first-order chi connectivity index (χ1) is 9.46. The van der Waals surface area contributed by atoms with E-state index in [4.69, 9.17) is 0 Å². The number of tetrazole rings is 1. The van der Waals surface area contributed by atoms with Crippen molar-refractivity contribution in [2.45, 2.75) is 59.9 Å². The van der Waals surface area contributed by atoms with E-state index in [-0.39, 0.29) is 23.7 Å². The van der Waals surface area contributed by atoms with Crippen LogP contribution in [0.2, 0.25) is 0 Å². The lowest BCUT2D eigenvalue weighted by Gasteiger charge is -2.16. The Kier molecular flexibility index (Phi) is 9.15. The monoisotopic (exact) mass is 283 g/mol. The van der Waals surface area contributed by atoms with Crippen molar-refractivity contribution in [3.63, 3.8) is 0 Å². The number of carbonyl (C=O) groups is 2. The van der Waals surface area contributed by atoms with Gasteiger partial charge in [0.05, 0.1) is 6.04 Å². The molecule has 1 amide bonds. The highest BCUT2D eigenvalue weighted by molar-refractivity contribution is 5.88. The van der Waals surface area contributed by atoms with Gasteiger partial charge in [-0.05, 0) is 19.8 Å². The summed E-state index contributed by atoms with van der Waals surface area (Å²) in [4.78, 5) is 22.4. The zero-order valence-electron chi connectivity index (χ0n) is 12.9. The fourth-order valence-corrected chi connectivity index (χ4v) is 1.32. The molecule has 114 valence electrons. The van der Waals surface area contributed by atoms with Gasteiger partial charge in [-0.1, -0.05) is 32.9 Å². The minimum absolute atomic E-state index is 0.00611. The Morgan fingerprint density at radius 3 is 2.20 bits per heavy atom. The standard InChI is InChI=1S/C10H19NO2.C3H6N4/c1-5-7(3)10(13)11-9(6-2)8(4)12;1-2-3-4-6-7-5-3/h7,9H,5-6H2,1-4H3,(H,11,13);2H2,1H3,(H,4,5,6,7). The summed E-state index contributed by atoms with van der Waals surface area (Å²) in [7, 11) is 0. The Morgan fingerprint density at radius 2 is 1.90 bits per heavy atom. The summed E-state index contributed by atoms with van der Waals surface area (Å²) in [6.45, 7) is 9.19. The molecule has 7 nitrogen and oxygen atoms in total. The molecule has 0 fully saturated rings. The lowest BCUT2D eigenvalue weighted by Crippen LogP contribution is -2.41. The molecule has 0 spiro atoms. The molecular weight excluding hydrogens is 258 g/mol. The molecule has 0 aliphatic heterocycles. The molecule has 0 radical (unpaired) electrons. The molecule has 0 aliphatic carbocycles. The number of nitrogens with zero attached hydrogens (tertiary/aromatic N) is 3. The van der Waals surface area contributed by atoms with Gasteiger partial charge < -0.3 is 5.32 Å². The smallest absolute Gasteiger partial charge is 0.223 e. The third-order valence-corrected chi connectivity index (χ3v) is 2.98. The van der Waals surface area contributed by atoms with E-state index in [1.54, 1.807) is 0 Å². The number of amides is 1. The number of Topliss-reactive ketones (excluding diaryl/α,β-unsaturated/α-hetero) is 1. The average molecular weight is 283 g/mol. The average Bonchev–Trinajstić information content (AvgIpc) is 2.97. The first-order valence-corrected chi connectivity index (χ1v) is 6.99. The van der Waals surface area contributed by atoms with Gasteiger partial charge in [-0.15, -0.1) is 10.2 Å². The number of carbonyl (C=O) groups excluding carboxylic acids is 2. The first kappa shape index (κ1) is 18.2. The predicted molar refractivity (Wildman–Crippen MR) is 75.9 cm³/mol. The minimum atomic E-state index is -0.304. The zero-order chi connectivity index (χ0) is 15.5. The topological polar surface area (TPSA) is 101 Å². The van der Waals surface area contributed by atoms with E-state index in [0.29, 0.717) is 6.42 Å². The maximum atomic E-state index is 11.4. The summed E-state index contributed by atoms with van der Waals surface area (Å²) in [5.74, 6) is 0.761. The van der Waals surface area contributed by atoms with Gasteiger partial charge in [0, 0.05) is 12.3 Å². The number of aryl methyl sites for hydroxylation is 1. The van der Waals surface area contributed by atoms with Crippen molar-refractivity contribution < 1.29 is 9.59 Å². The van der Waals surface area contributed by atoms with Gasteiger partial charge in [-0.2, -0.15) is 5.21 Å². The second-order valence-electron chi connectivity index (χ2n) is 4.57. The number of ketones is 1. The van der Waals surface area contributed by atoms with E-state index >= 15 is 0 Å². The van der Waals surface area contributed by atoms with Crippen molar-refractivity contribution in [3.8, 4) is 0 Å². The van der Waals surface area contributed by atoms with E-state index in [1.807, 2.05) is 27.7 Å². The number of aromatic amines is 1. The Bertz CT molecular complexity index is 391. The van der Waals surface area contributed by atoms with Gasteiger partial charge in [0.15, 0.2) is 11.6 Å². The van der Waals surface area contributed by atoms with Crippen molar-refractivity contribution >= 4 is 11.7 Å². The van der Waals surface area contributed by atoms with Gasteiger partial charge in [0.1, 0.15) is 0 Å². The molecule has 20 heavy (non-hydrogen) atoms. The molecule has 0 aliphatic rings. The number of H-pyrrole nitrogens is 1. The quantitative estimate of drug-likeness (QED) is 0.819. The van der Waals surface area contributed by atoms with Crippen LogP contribution in [0.3, 0.4) is 0 Å². The Labute approximate surface area is 119 Å². The fraction of sp³-hybridized carbons (Fsp3) is 0.769. The molecule has 1 rings (SSSR count). The molecule has 0 saturated heterocycles. The number of hydrogen-bond acceptors (Lipinski definition) is 5. The largest absolute Gasteiger partial charge is 0.346 e. The summed E-state index contributed by atoms with van der Waals surface area (Å²) in [5.41, 5.74) is 0. The third-order valence-electron chi connectivity index (χ3n) is 2.98. The minimum Gasteiger partial charge on any atom is -0.346 e. The summed E-state index contributed by atoms with van der Waals surface area (Å²) >= 11 is 0. The maximum Gasteiger partial charge on any atom is 0.223 e. The molecule has 2 atom stereocenters. The molecule has 2 unspecified atom stereocenters. The molecule has 0 aromatic carbocycles. The fourth-order valence-electron chi connectivity index (χ4n) is 1.32. The van der Waals surface area contributed by atoms with Gasteiger partial charge in [-0.3, -0.25) is 9.59 Å². The van der Waals surface area contributed by atoms with Crippen LogP contribution >= 0.6 is 0 Å². The second kappa shape index (κ2) is 10.1. The lowest BCUT2D eigenvalue weighted by atomic mass is 10.1. The highest BCUT2D eigenvalue weighted by atomic mass is 16.2. The SMILES string of the molecule is CCC(C)C(=O)NC(CC)C(C)=O.CCc1nn[nH]n1. The number of hydrogen-bond donors (Lipinski definition) is 2. The lowest BCUT2D eigenvalue weighted by molar-refractivity contribution is -0.129. The van der Waals surface area contributed by atoms with Crippen LogP contribution in [0.1, 0.15) is 53.3 Å². The van der Waals surface area contributed by atoms with Crippen molar-refractivity contribution in [1.29, 1.82) is 0 Å². The number of rotatable bonds is 6. The number of aromatic nitrogens is 4. The van der Waals surface area contributed by atoms with Crippen molar-refractivity contribution in [1.82, 2.24) is 25.9 Å². The van der Waals surface area contributed by atoms with E-state index in [1.165, 1.54) is 6.92 Å². The Balaban J connectivity index is 0.000000428. The molecule has 1 aromatic heterocycles. The highest BCUT2D eigenvalue weighted by Crippen LogP contribution is 2.02. The highest BCUT2D eigenvalue weighted by Gasteiger charge is 2.17. The van der Waals surface area contributed by atoms with Crippen LogP contribution in [0.25, 0.3) is 0 Å². The molecular formula is C13H25N5O2. The van der Waals surface area contributed by atoms with Crippen LogP contribution < -0.4 is 5.32 Å². The molecule has 7 heteroatoms. The molecule has 0 bridgehead atoms. The van der Waals surface area contributed by atoms with Gasteiger partial charge in [0.25, 0.3) is 0 Å². The van der Waals surface area contributed by atoms with Gasteiger partial charge in [0.2, 0.25) is 5.91 Å². The molecule has 0 saturated carbocycles. The van der Waals surface area contributed by atoms with Crippen molar-refractivity contribution in [2.24, 2.45) is 5.92 Å². The molecule has 1 aromatic rings. The first-order valence-electron chi connectivity index (χ1n) is 6.99. The normalized spacial score (nSPS) is 12.8. The zero-order valence-corrected chi connectivity index (χ0v) is 12.9. The van der Waals surface area contributed by atoms with Crippen molar-refractivity contribution in [2.75, 3.05) is 0 Å². The van der Waals surface area contributed by atoms with E-state index < -0.39 is 0 Å². The van der Waals surface area contributed by atoms with Crippen LogP contribution in [0.4, 0.5) is 0 Å². The molecule has 1 heterocycles. The Morgan fingerprint density at radius 1 is 1.25 bits per heavy atom. The van der Waals surface area contributed by atoms with E-state index in [2.05, 4.69) is 25.9 Å². The second-order valence-corrected chi connectivity index (χ2v) is 4.57. The summed E-state index contributed by atoms with van der Waals surface area (Å²) in [5, 5.41) is 15.8. The van der Waals surface area contributed by atoms with Crippen LogP contribution in [-0.2, 0) is 16.0 Å².